The predicted molar refractivity (Wildman–Crippen MR) is 133 cm³/mol. The van der Waals surface area contributed by atoms with Gasteiger partial charge in [0.1, 0.15) is 29.7 Å². The molecule has 3 rings (SSSR count). The Hall–Kier alpha value is -2.82. The molecule has 0 aliphatic carbocycles. The summed E-state index contributed by atoms with van der Waals surface area (Å²) >= 11 is 0. The minimum absolute atomic E-state index is 0. The van der Waals surface area contributed by atoms with Crippen molar-refractivity contribution in [2.75, 3.05) is 20.2 Å². The SMILES string of the molecule is CCNC(=NCc1ccc(-n2ccnc2)nc1)NCC(C)Oc1cccc(OC)c1.I. The molecular weight excluding hydrogens is 507 g/mol. The number of hydrogen-bond acceptors (Lipinski definition) is 5. The van der Waals surface area contributed by atoms with E-state index in [1.165, 1.54) is 0 Å². The van der Waals surface area contributed by atoms with Crippen LogP contribution in [0.2, 0.25) is 0 Å². The summed E-state index contributed by atoms with van der Waals surface area (Å²) in [5.74, 6) is 3.11. The molecule has 31 heavy (non-hydrogen) atoms. The highest BCUT2D eigenvalue weighted by Crippen LogP contribution is 2.19. The highest BCUT2D eigenvalue weighted by Gasteiger charge is 2.07. The lowest BCUT2D eigenvalue weighted by Gasteiger charge is -2.18. The second-order valence-electron chi connectivity index (χ2n) is 6.68. The van der Waals surface area contributed by atoms with Gasteiger partial charge in [-0.1, -0.05) is 12.1 Å². The number of ether oxygens (including phenoxy) is 2. The van der Waals surface area contributed by atoms with Gasteiger partial charge in [-0.3, -0.25) is 4.57 Å². The maximum absolute atomic E-state index is 5.95. The molecule has 0 amide bonds. The fourth-order valence-electron chi connectivity index (χ4n) is 2.76. The van der Waals surface area contributed by atoms with Crippen molar-refractivity contribution in [2.24, 2.45) is 4.99 Å². The van der Waals surface area contributed by atoms with Gasteiger partial charge in [0.25, 0.3) is 0 Å². The van der Waals surface area contributed by atoms with E-state index in [-0.39, 0.29) is 30.1 Å². The van der Waals surface area contributed by atoms with Gasteiger partial charge in [-0.15, -0.1) is 24.0 Å². The van der Waals surface area contributed by atoms with E-state index in [9.17, 15) is 0 Å². The number of aromatic nitrogens is 3. The third kappa shape index (κ3) is 7.74. The van der Waals surface area contributed by atoms with Crippen LogP contribution in [0.25, 0.3) is 5.82 Å². The molecule has 0 bridgehead atoms. The largest absolute Gasteiger partial charge is 0.497 e. The average molecular weight is 536 g/mol. The van der Waals surface area contributed by atoms with Crippen LogP contribution >= 0.6 is 24.0 Å². The van der Waals surface area contributed by atoms with Gasteiger partial charge in [0, 0.05) is 31.2 Å². The van der Waals surface area contributed by atoms with Gasteiger partial charge < -0.3 is 20.1 Å². The normalized spacial score (nSPS) is 11.9. The molecule has 2 heterocycles. The molecule has 8 nitrogen and oxygen atoms in total. The summed E-state index contributed by atoms with van der Waals surface area (Å²) in [6.07, 6.45) is 7.10. The molecule has 166 valence electrons. The maximum Gasteiger partial charge on any atom is 0.191 e. The summed E-state index contributed by atoms with van der Waals surface area (Å²) in [6, 6.07) is 11.6. The first-order valence-electron chi connectivity index (χ1n) is 9.94. The number of imidazole rings is 1. The first kappa shape index (κ1) is 24.4. The first-order chi connectivity index (χ1) is 14.7. The zero-order chi connectivity index (χ0) is 21.2. The minimum atomic E-state index is -0.0444. The number of benzene rings is 1. The Labute approximate surface area is 200 Å². The summed E-state index contributed by atoms with van der Waals surface area (Å²) in [5.41, 5.74) is 1.02. The molecule has 0 aliphatic rings. The molecule has 0 saturated heterocycles. The third-order valence-electron chi connectivity index (χ3n) is 4.28. The number of pyridine rings is 1. The lowest BCUT2D eigenvalue weighted by molar-refractivity contribution is 0.223. The number of halogens is 1. The van der Waals surface area contributed by atoms with Crippen molar-refractivity contribution < 1.29 is 9.47 Å². The molecule has 3 aromatic rings. The van der Waals surface area contributed by atoms with Crippen LogP contribution in [0.15, 0.2) is 66.3 Å². The van der Waals surface area contributed by atoms with Crippen molar-refractivity contribution in [3.8, 4) is 17.3 Å². The lowest BCUT2D eigenvalue weighted by Crippen LogP contribution is -2.41. The third-order valence-corrected chi connectivity index (χ3v) is 4.28. The summed E-state index contributed by atoms with van der Waals surface area (Å²) < 4.78 is 13.1. The van der Waals surface area contributed by atoms with Crippen molar-refractivity contribution in [2.45, 2.75) is 26.5 Å². The summed E-state index contributed by atoms with van der Waals surface area (Å²) in [4.78, 5) is 13.1. The van der Waals surface area contributed by atoms with Gasteiger partial charge in [0.2, 0.25) is 0 Å². The summed E-state index contributed by atoms with van der Waals surface area (Å²) in [5, 5.41) is 6.58. The maximum atomic E-state index is 5.95. The standard InChI is InChI=1S/C22H28N6O2.HI/c1-4-24-22(26-13-17(2)30-20-7-5-6-19(12-20)29-3)27-15-18-8-9-21(25-14-18)28-11-10-23-16-28;/h5-12,14,16-17H,4,13,15H2,1-3H3,(H2,24,26,27);1H. The number of aliphatic imine (C=N–C) groups is 1. The number of nitrogens with zero attached hydrogens (tertiary/aromatic N) is 4. The van der Waals surface area contributed by atoms with Crippen molar-refractivity contribution in [1.29, 1.82) is 0 Å². The van der Waals surface area contributed by atoms with E-state index in [0.717, 1.165) is 35.4 Å². The summed E-state index contributed by atoms with van der Waals surface area (Å²) in [7, 11) is 1.64. The zero-order valence-electron chi connectivity index (χ0n) is 18.0. The monoisotopic (exact) mass is 536 g/mol. The molecule has 0 spiro atoms. The van der Waals surface area contributed by atoms with Gasteiger partial charge in [0.05, 0.1) is 20.2 Å². The van der Waals surface area contributed by atoms with Crippen LogP contribution in [0.5, 0.6) is 11.5 Å². The highest BCUT2D eigenvalue weighted by atomic mass is 127. The van der Waals surface area contributed by atoms with Gasteiger partial charge in [0.15, 0.2) is 5.96 Å². The van der Waals surface area contributed by atoms with E-state index < -0.39 is 0 Å². The molecule has 0 radical (unpaired) electrons. The molecule has 9 heteroatoms. The van der Waals surface area contributed by atoms with E-state index in [1.807, 2.05) is 67.2 Å². The van der Waals surface area contributed by atoms with Crippen LogP contribution in [-0.4, -0.2) is 46.8 Å². The Kier molecular flexibility index (Phi) is 10.1. The van der Waals surface area contributed by atoms with E-state index in [2.05, 4.69) is 25.6 Å². The number of methoxy groups -OCH3 is 1. The van der Waals surface area contributed by atoms with Gasteiger partial charge in [-0.05, 0) is 37.6 Å². The summed E-state index contributed by atoms with van der Waals surface area (Å²) in [6.45, 7) is 5.96. The Morgan fingerprint density at radius 1 is 1.19 bits per heavy atom. The molecule has 2 aromatic heterocycles. The molecule has 2 N–H and O–H groups in total. The van der Waals surface area contributed by atoms with E-state index in [4.69, 9.17) is 9.47 Å². The van der Waals surface area contributed by atoms with Gasteiger partial charge in [-0.25, -0.2) is 15.0 Å². The minimum Gasteiger partial charge on any atom is -0.497 e. The Morgan fingerprint density at radius 2 is 2.03 bits per heavy atom. The molecule has 1 unspecified atom stereocenters. The molecule has 0 fully saturated rings. The van der Waals surface area contributed by atoms with Crippen molar-refractivity contribution in [3.63, 3.8) is 0 Å². The molecule has 1 aromatic carbocycles. The first-order valence-corrected chi connectivity index (χ1v) is 9.94. The van der Waals surface area contributed by atoms with E-state index in [1.54, 1.807) is 19.6 Å². The van der Waals surface area contributed by atoms with Crippen LogP contribution in [-0.2, 0) is 6.54 Å². The predicted octanol–water partition coefficient (Wildman–Crippen LogP) is 3.42. The van der Waals surface area contributed by atoms with Gasteiger partial charge in [-0.2, -0.15) is 0 Å². The fraction of sp³-hybridized carbons (Fsp3) is 0.318. The van der Waals surface area contributed by atoms with Gasteiger partial charge >= 0.3 is 0 Å². The highest BCUT2D eigenvalue weighted by molar-refractivity contribution is 14.0. The number of rotatable bonds is 9. The average Bonchev–Trinajstić information content (AvgIpc) is 3.31. The fourth-order valence-corrected chi connectivity index (χ4v) is 2.76. The van der Waals surface area contributed by atoms with Crippen LogP contribution in [0.3, 0.4) is 0 Å². The Morgan fingerprint density at radius 3 is 2.71 bits per heavy atom. The number of hydrogen-bond donors (Lipinski definition) is 2. The van der Waals surface area contributed by atoms with E-state index in [0.29, 0.717) is 13.1 Å². The molecule has 0 saturated carbocycles. The lowest BCUT2D eigenvalue weighted by atomic mass is 10.3. The van der Waals surface area contributed by atoms with Crippen molar-refractivity contribution in [1.82, 2.24) is 25.2 Å². The van der Waals surface area contributed by atoms with Crippen molar-refractivity contribution >= 4 is 29.9 Å². The molecule has 1 atom stereocenters. The van der Waals surface area contributed by atoms with Crippen LogP contribution in [0.4, 0.5) is 0 Å². The number of nitrogens with one attached hydrogen (secondary N) is 2. The molecular formula is C22H29IN6O2. The van der Waals surface area contributed by atoms with Crippen molar-refractivity contribution in [3.05, 3.63) is 66.9 Å². The van der Waals surface area contributed by atoms with E-state index >= 15 is 0 Å². The second kappa shape index (κ2) is 12.8. The molecule has 0 aliphatic heterocycles. The Balaban J connectivity index is 0.00000341. The topological polar surface area (TPSA) is 85.6 Å². The van der Waals surface area contributed by atoms with Crippen LogP contribution in [0, 0.1) is 0 Å². The van der Waals surface area contributed by atoms with Crippen LogP contribution in [0.1, 0.15) is 19.4 Å². The smallest absolute Gasteiger partial charge is 0.191 e. The number of guanidine groups is 1. The Bertz CT molecular complexity index is 931. The van der Waals surface area contributed by atoms with Crippen LogP contribution < -0.4 is 20.1 Å². The zero-order valence-corrected chi connectivity index (χ0v) is 20.3. The second-order valence-corrected chi connectivity index (χ2v) is 6.68. The quantitative estimate of drug-likeness (QED) is 0.248.